The highest BCUT2D eigenvalue weighted by atomic mass is 127. The number of hydrogen-bond acceptors (Lipinski definition) is 12. The van der Waals surface area contributed by atoms with Crippen molar-refractivity contribution in [3.8, 4) is 28.6 Å². The van der Waals surface area contributed by atoms with Gasteiger partial charge in [0, 0.05) is 23.2 Å². The molecule has 1 heterocycles. The van der Waals surface area contributed by atoms with Crippen LogP contribution in [0.1, 0.15) is 37.5 Å². The third-order valence-corrected chi connectivity index (χ3v) is 20.1. The number of amides is 1. The lowest BCUT2D eigenvalue weighted by Gasteiger charge is -2.37. The molecule has 0 fully saturated rings. The average molecular weight is 1010 g/mol. The number of rotatable bonds is 19. The van der Waals surface area contributed by atoms with Crippen LogP contribution in [0.25, 0.3) is 11.4 Å². The van der Waals surface area contributed by atoms with Crippen molar-refractivity contribution in [2.45, 2.75) is 73.6 Å². The van der Waals surface area contributed by atoms with Crippen molar-refractivity contribution >= 4 is 56.9 Å². The first-order chi connectivity index (χ1) is 28.7. The Hall–Kier alpha value is -4.61. The van der Waals surface area contributed by atoms with Gasteiger partial charge in [0.25, 0.3) is 0 Å². The minimum absolute atomic E-state index is 0.0904. The van der Waals surface area contributed by atoms with Crippen LogP contribution in [0.4, 0.5) is 4.79 Å². The summed E-state index contributed by atoms with van der Waals surface area (Å²) >= 11 is 1.93. The predicted molar refractivity (Wildman–Crippen MR) is 241 cm³/mol. The van der Waals surface area contributed by atoms with E-state index in [9.17, 15) is 9.90 Å². The van der Waals surface area contributed by atoms with Gasteiger partial charge in [-0.05, 0) is 111 Å². The van der Waals surface area contributed by atoms with Gasteiger partial charge in [0.1, 0.15) is 27.4 Å². The highest BCUT2D eigenvalue weighted by Gasteiger charge is 2.43. The smallest absolute Gasteiger partial charge is 0.404 e. The lowest BCUT2D eigenvalue weighted by Crippen LogP contribution is -2.46. The normalized spacial score (nSPS) is 12.9. The summed E-state index contributed by atoms with van der Waals surface area (Å²) < 4.78 is 85.5. The number of carbonyl (C=O) groups is 1. The van der Waals surface area contributed by atoms with Crippen molar-refractivity contribution in [3.63, 3.8) is 0 Å². The van der Waals surface area contributed by atoms with Crippen LogP contribution in [-0.4, -0.2) is 101 Å². The molecular weight excluding hydrogens is 956 g/mol. The molecular formula is C41H51IN6O10S2Si. The van der Waals surface area contributed by atoms with Crippen LogP contribution in [0.5, 0.6) is 17.2 Å². The van der Waals surface area contributed by atoms with Crippen molar-refractivity contribution in [2.24, 2.45) is 0 Å². The Morgan fingerprint density at radius 2 is 1.31 bits per heavy atom. The zero-order chi connectivity index (χ0) is 44.8. The standard InChI is InChI=1S/C41H51IN6O10S2Si/c1-41(2,3)61(7,8)58-27-34(23-43-40(49)50)59(51,52)36-22-21-35(42)37(39-44-46-48(45-39)26-30-13-19-33(57-6)20-14-30)38(36)60(53,54)47(24-28-9-15-31(55-4)16-10-28)25-29-11-17-32(56-5)18-12-29/h9-22,34,43H,23-27H2,1-8H3,(H,49,50). The van der Waals surface area contributed by atoms with Crippen LogP contribution in [0.2, 0.25) is 18.1 Å². The summed E-state index contributed by atoms with van der Waals surface area (Å²) in [5.41, 5.74) is 1.88. The van der Waals surface area contributed by atoms with E-state index in [0.29, 0.717) is 31.9 Å². The molecule has 5 rings (SSSR count). The molecule has 0 spiro atoms. The largest absolute Gasteiger partial charge is 0.497 e. The van der Waals surface area contributed by atoms with Crippen LogP contribution < -0.4 is 19.5 Å². The van der Waals surface area contributed by atoms with E-state index in [1.54, 1.807) is 67.8 Å². The topological polar surface area (TPSA) is 201 Å². The number of aromatic nitrogens is 4. The summed E-state index contributed by atoms with van der Waals surface area (Å²) in [6, 6.07) is 23.6. The van der Waals surface area contributed by atoms with E-state index >= 15 is 16.8 Å². The van der Waals surface area contributed by atoms with E-state index in [1.165, 1.54) is 35.5 Å². The average Bonchev–Trinajstić information content (AvgIpc) is 3.68. The Morgan fingerprint density at radius 1 is 0.820 bits per heavy atom. The van der Waals surface area contributed by atoms with Gasteiger partial charge in [-0.25, -0.2) is 21.6 Å². The summed E-state index contributed by atoms with van der Waals surface area (Å²) in [4.78, 5) is 12.0. The number of sulfone groups is 1. The van der Waals surface area contributed by atoms with Gasteiger partial charge >= 0.3 is 6.09 Å². The number of sulfonamides is 1. The van der Waals surface area contributed by atoms with Gasteiger partial charge in [0.15, 0.2) is 18.2 Å². The zero-order valence-electron chi connectivity index (χ0n) is 35.2. The van der Waals surface area contributed by atoms with E-state index in [-0.39, 0.29) is 36.1 Å². The first kappa shape index (κ1) is 47.4. The van der Waals surface area contributed by atoms with Crippen LogP contribution in [-0.2, 0) is 43.9 Å². The van der Waals surface area contributed by atoms with Crippen molar-refractivity contribution in [2.75, 3.05) is 34.5 Å². The summed E-state index contributed by atoms with van der Waals surface area (Å²) in [5, 5.41) is 23.1. The van der Waals surface area contributed by atoms with E-state index in [2.05, 4.69) is 20.7 Å². The second kappa shape index (κ2) is 19.6. The lowest BCUT2D eigenvalue weighted by molar-refractivity contribution is 0.193. The molecule has 0 bridgehead atoms. The number of benzene rings is 4. The molecule has 5 aromatic rings. The Labute approximate surface area is 371 Å². The maximum absolute atomic E-state index is 15.7. The highest BCUT2D eigenvalue weighted by molar-refractivity contribution is 14.1. The monoisotopic (exact) mass is 1010 g/mol. The number of nitrogens with zero attached hydrogens (tertiary/aromatic N) is 5. The maximum Gasteiger partial charge on any atom is 0.404 e. The first-order valence-electron chi connectivity index (χ1n) is 19.0. The van der Waals surface area contributed by atoms with Crippen LogP contribution in [0.15, 0.2) is 94.7 Å². The molecule has 61 heavy (non-hydrogen) atoms. The second-order valence-electron chi connectivity index (χ2n) is 15.6. The number of hydrogen-bond donors (Lipinski definition) is 2. The predicted octanol–water partition coefficient (Wildman–Crippen LogP) is 6.84. The summed E-state index contributed by atoms with van der Waals surface area (Å²) in [6.45, 7) is 8.66. The highest BCUT2D eigenvalue weighted by Crippen LogP contribution is 2.40. The number of nitrogens with one attached hydrogen (secondary N) is 1. The molecule has 0 aliphatic carbocycles. The molecule has 20 heteroatoms. The fourth-order valence-corrected chi connectivity index (χ4v) is 11.8. The third-order valence-electron chi connectivity index (χ3n) is 10.5. The number of methoxy groups -OCH3 is 3. The van der Waals surface area contributed by atoms with Crippen LogP contribution in [0, 0.1) is 3.57 Å². The Bertz CT molecular complexity index is 2470. The lowest BCUT2D eigenvalue weighted by atomic mass is 10.2. The molecule has 1 amide bonds. The van der Waals surface area contributed by atoms with E-state index in [1.807, 2.05) is 68.6 Å². The molecule has 1 aromatic heterocycles. The van der Waals surface area contributed by atoms with Gasteiger partial charge in [0.05, 0.1) is 44.9 Å². The first-order valence-corrected chi connectivity index (χ1v) is 26.0. The number of carboxylic acid groups (broad SMARTS) is 1. The Balaban J connectivity index is 1.74. The SMILES string of the molecule is COc1ccc(CN(Cc2ccc(OC)cc2)S(=O)(=O)c2c(S(=O)(=O)C(CNC(=O)O)CO[Si](C)(C)C(C)(C)C)ccc(I)c2-c2nnn(Cc3ccc(OC)cc3)n2)cc1. The van der Waals surface area contributed by atoms with Crippen LogP contribution in [0.3, 0.4) is 0 Å². The quantitative estimate of drug-likeness (QED) is 0.0644. The van der Waals surface area contributed by atoms with Gasteiger partial charge in [-0.1, -0.05) is 57.2 Å². The van der Waals surface area contributed by atoms with Gasteiger partial charge in [0.2, 0.25) is 15.8 Å². The van der Waals surface area contributed by atoms with E-state index < -0.39 is 62.5 Å². The molecule has 4 aromatic carbocycles. The second-order valence-corrected chi connectivity index (χ2v) is 25.7. The van der Waals surface area contributed by atoms with Gasteiger partial charge in [-0.2, -0.15) is 9.10 Å². The molecule has 0 saturated heterocycles. The van der Waals surface area contributed by atoms with Gasteiger partial charge in [-0.3, -0.25) is 0 Å². The van der Waals surface area contributed by atoms with Crippen molar-refractivity contribution in [1.82, 2.24) is 29.8 Å². The van der Waals surface area contributed by atoms with Gasteiger partial charge in [-0.15, -0.1) is 10.2 Å². The minimum Gasteiger partial charge on any atom is -0.497 e. The molecule has 0 aliphatic rings. The molecule has 16 nitrogen and oxygen atoms in total. The van der Waals surface area contributed by atoms with Gasteiger partial charge < -0.3 is 29.1 Å². The summed E-state index contributed by atoms with van der Waals surface area (Å²) in [6.07, 6.45) is -1.45. The third kappa shape index (κ3) is 11.5. The molecule has 2 N–H and O–H groups in total. The maximum atomic E-state index is 15.7. The minimum atomic E-state index is -4.85. The number of ether oxygens (including phenoxy) is 3. The Morgan fingerprint density at radius 3 is 1.77 bits per heavy atom. The van der Waals surface area contributed by atoms with Crippen molar-refractivity contribution in [3.05, 3.63) is 105 Å². The summed E-state index contributed by atoms with van der Waals surface area (Å²) in [7, 11) is -7.58. The summed E-state index contributed by atoms with van der Waals surface area (Å²) in [5.74, 6) is 1.64. The van der Waals surface area contributed by atoms with E-state index in [4.69, 9.17) is 18.6 Å². The zero-order valence-corrected chi connectivity index (χ0v) is 40.0. The molecule has 1 unspecified atom stereocenters. The van der Waals surface area contributed by atoms with Crippen molar-refractivity contribution < 1.29 is 45.4 Å². The molecule has 0 radical (unpaired) electrons. The molecule has 0 aliphatic heterocycles. The van der Waals surface area contributed by atoms with Crippen molar-refractivity contribution in [1.29, 1.82) is 0 Å². The number of tetrazole rings is 1. The number of halogens is 1. The fourth-order valence-electron chi connectivity index (χ4n) is 5.91. The molecule has 328 valence electrons. The molecule has 1 atom stereocenters. The Kier molecular flexibility index (Phi) is 15.3. The van der Waals surface area contributed by atoms with Crippen LogP contribution >= 0.6 is 22.6 Å². The molecule has 0 saturated carbocycles. The van der Waals surface area contributed by atoms with E-state index in [0.717, 1.165) is 5.56 Å². The fraction of sp³-hybridized carbons (Fsp3) is 0.366.